The Morgan fingerprint density at radius 3 is 2.74 bits per heavy atom. The first kappa shape index (κ1) is 14.2. The van der Waals surface area contributed by atoms with Gasteiger partial charge in [-0.1, -0.05) is 17.7 Å². The SMILES string of the molecule is Nc1c(Cl)cccc1C(=O)NCC1CCC(O)CC1. The summed E-state index contributed by atoms with van der Waals surface area (Å²) < 4.78 is 0. The van der Waals surface area contributed by atoms with Gasteiger partial charge in [-0.3, -0.25) is 4.79 Å². The average molecular weight is 283 g/mol. The van der Waals surface area contributed by atoms with Crippen LogP contribution in [0, 0.1) is 5.92 Å². The van der Waals surface area contributed by atoms with E-state index in [4.69, 9.17) is 17.3 Å². The summed E-state index contributed by atoms with van der Waals surface area (Å²) in [6, 6.07) is 5.04. The molecule has 1 saturated carbocycles. The van der Waals surface area contributed by atoms with Crippen molar-refractivity contribution in [2.75, 3.05) is 12.3 Å². The fourth-order valence-electron chi connectivity index (χ4n) is 2.42. The highest BCUT2D eigenvalue weighted by molar-refractivity contribution is 6.33. The van der Waals surface area contributed by atoms with Crippen LogP contribution in [-0.4, -0.2) is 23.7 Å². The van der Waals surface area contributed by atoms with Gasteiger partial charge in [0.25, 0.3) is 5.91 Å². The van der Waals surface area contributed by atoms with Gasteiger partial charge in [0.1, 0.15) is 0 Å². The van der Waals surface area contributed by atoms with Crippen LogP contribution in [-0.2, 0) is 0 Å². The lowest BCUT2D eigenvalue weighted by Crippen LogP contribution is -2.32. The molecule has 1 aliphatic rings. The molecule has 0 bridgehead atoms. The van der Waals surface area contributed by atoms with Gasteiger partial charge in [-0.2, -0.15) is 0 Å². The third kappa shape index (κ3) is 3.61. The van der Waals surface area contributed by atoms with E-state index in [-0.39, 0.29) is 12.0 Å². The summed E-state index contributed by atoms with van der Waals surface area (Å²) in [7, 11) is 0. The zero-order valence-corrected chi connectivity index (χ0v) is 11.5. The second-order valence-corrected chi connectivity index (χ2v) is 5.49. The summed E-state index contributed by atoms with van der Waals surface area (Å²) in [5.41, 5.74) is 6.52. The second kappa shape index (κ2) is 6.26. The first-order valence-corrected chi connectivity index (χ1v) is 6.96. The van der Waals surface area contributed by atoms with Crippen molar-refractivity contribution < 1.29 is 9.90 Å². The molecule has 104 valence electrons. The van der Waals surface area contributed by atoms with E-state index < -0.39 is 0 Å². The smallest absolute Gasteiger partial charge is 0.253 e. The van der Waals surface area contributed by atoms with Crippen molar-refractivity contribution in [3.05, 3.63) is 28.8 Å². The second-order valence-electron chi connectivity index (χ2n) is 5.09. The Morgan fingerprint density at radius 1 is 1.37 bits per heavy atom. The number of hydrogen-bond acceptors (Lipinski definition) is 3. The standard InChI is InChI=1S/C14H19ClN2O2/c15-12-3-1-2-11(13(12)16)14(19)17-8-9-4-6-10(18)7-5-9/h1-3,9-10,18H,4-8,16H2,(H,17,19). The minimum Gasteiger partial charge on any atom is -0.397 e. The van der Waals surface area contributed by atoms with Gasteiger partial charge in [0.05, 0.1) is 22.4 Å². The highest BCUT2D eigenvalue weighted by Gasteiger charge is 2.20. The molecule has 0 saturated heterocycles. The molecule has 0 heterocycles. The van der Waals surface area contributed by atoms with Crippen LogP contribution >= 0.6 is 11.6 Å². The predicted molar refractivity (Wildman–Crippen MR) is 76.2 cm³/mol. The van der Waals surface area contributed by atoms with E-state index >= 15 is 0 Å². The molecule has 0 spiro atoms. The minimum absolute atomic E-state index is 0.171. The zero-order valence-electron chi connectivity index (χ0n) is 10.7. The number of benzene rings is 1. The van der Waals surface area contributed by atoms with Gasteiger partial charge in [-0.15, -0.1) is 0 Å². The average Bonchev–Trinajstić information content (AvgIpc) is 2.41. The third-order valence-corrected chi connectivity index (χ3v) is 3.99. The Hall–Kier alpha value is -1.26. The normalized spacial score (nSPS) is 23.1. The molecule has 1 aromatic rings. The van der Waals surface area contributed by atoms with Crippen molar-refractivity contribution in [3.63, 3.8) is 0 Å². The summed E-state index contributed by atoms with van der Waals surface area (Å²) in [5, 5.41) is 12.7. The Morgan fingerprint density at radius 2 is 2.05 bits per heavy atom. The summed E-state index contributed by atoms with van der Waals surface area (Å²) in [4.78, 5) is 12.0. The van der Waals surface area contributed by atoms with Crippen LogP contribution in [0.3, 0.4) is 0 Å². The van der Waals surface area contributed by atoms with E-state index in [1.807, 2.05) is 0 Å². The number of rotatable bonds is 3. The Bertz CT molecular complexity index is 457. The highest BCUT2D eigenvalue weighted by Crippen LogP contribution is 2.24. The number of carbonyl (C=O) groups excluding carboxylic acids is 1. The number of nitrogens with one attached hydrogen (secondary N) is 1. The molecule has 0 aliphatic heterocycles. The molecule has 19 heavy (non-hydrogen) atoms. The number of amides is 1. The van der Waals surface area contributed by atoms with Crippen LogP contribution in [0.2, 0.25) is 5.02 Å². The number of aliphatic hydroxyl groups excluding tert-OH is 1. The summed E-state index contributed by atoms with van der Waals surface area (Å²) in [6.45, 7) is 0.623. The van der Waals surface area contributed by atoms with Gasteiger partial charge >= 0.3 is 0 Å². The van der Waals surface area contributed by atoms with E-state index in [1.54, 1.807) is 18.2 Å². The molecule has 0 unspecified atom stereocenters. The van der Waals surface area contributed by atoms with Gasteiger partial charge in [0, 0.05) is 6.54 Å². The predicted octanol–water partition coefficient (Wildman–Crippen LogP) is 2.20. The van der Waals surface area contributed by atoms with E-state index in [1.165, 1.54) is 0 Å². The van der Waals surface area contributed by atoms with Gasteiger partial charge < -0.3 is 16.2 Å². The van der Waals surface area contributed by atoms with E-state index in [2.05, 4.69) is 5.32 Å². The van der Waals surface area contributed by atoms with Crippen LogP contribution in [0.25, 0.3) is 0 Å². The number of hydrogen-bond donors (Lipinski definition) is 3. The molecule has 1 fully saturated rings. The van der Waals surface area contributed by atoms with Crippen molar-refractivity contribution in [1.29, 1.82) is 0 Å². The number of para-hydroxylation sites is 1. The van der Waals surface area contributed by atoms with Gasteiger partial charge in [-0.25, -0.2) is 0 Å². The molecule has 2 rings (SSSR count). The molecule has 0 aromatic heterocycles. The van der Waals surface area contributed by atoms with E-state index in [0.717, 1.165) is 25.7 Å². The van der Waals surface area contributed by atoms with Crippen molar-refractivity contribution in [2.24, 2.45) is 5.92 Å². The number of nitrogens with two attached hydrogens (primary N) is 1. The fourth-order valence-corrected chi connectivity index (χ4v) is 2.59. The first-order valence-electron chi connectivity index (χ1n) is 6.58. The fraction of sp³-hybridized carbons (Fsp3) is 0.500. The lowest BCUT2D eigenvalue weighted by atomic mass is 9.87. The lowest BCUT2D eigenvalue weighted by molar-refractivity contribution is 0.0911. The third-order valence-electron chi connectivity index (χ3n) is 3.67. The van der Waals surface area contributed by atoms with Crippen molar-refractivity contribution >= 4 is 23.2 Å². The molecule has 1 aliphatic carbocycles. The molecule has 0 radical (unpaired) electrons. The number of nitrogen functional groups attached to an aromatic ring is 1. The largest absolute Gasteiger partial charge is 0.397 e. The Balaban J connectivity index is 1.89. The maximum Gasteiger partial charge on any atom is 0.253 e. The van der Waals surface area contributed by atoms with Gasteiger partial charge in [0.2, 0.25) is 0 Å². The summed E-state index contributed by atoms with van der Waals surface area (Å²) in [6.07, 6.45) is 3.37. The van der Waals surface area contributed by atoms with Crippen molar-refractivity contribution in [2.45, 2.75) is 31.8 Å². The molecule has 1 amide bonds. The van der Waals surface area contributed by atoms with Gasteiger partial charge in [-0.05, 0) is 43.7 Å². The molecular formula is C14H19ClN2O2. The van der Waals surface area contributed by atoms with Crippen molar-refractivity contribution in [3.8, 4) is 0 Å². The maximum absolute atomic E-state index is 12.0. The minimum atomic E-state index is -0.189. The van der Waals surface area contributed by atoms with E-state index in [0.29, 0.717) is 28.7 Å². The molecule has 4 nitrogen and oxygen atoms in total. The molecular weight excluding hydrogens is 264 g/mol. The summed E-state index contributed by atoms with van der Waals surface area (Å²) in [5.74, 6) is 0.249. The van der Waals surface area contributed by atoms with Gasteiger partial charge in [0.15, 0.2) is 0 Å². The first-order chi connectivity index (χ1) is 9.08. The Kier molecular flexibility index (Phi) is 4.66. The molecule has 5 heteroatoms. The van der Waals surface area contributed by atoms with Crippen LogP contribution in [0.15, 0.2) is 18.2 Å². The topological polar surface area (TPSA) is 75.4 Å². The molecule has 1 aromatic carbocycles. The maximum atomic E-state index is 12.0. The molecule has 0 atom stereocenters. The monoisotopic (exact) mass is 282 g/mol. The summed E-state index contributed by atoms with van der Waals surface area (Å²) >= 11 is 5.89. The highest BCUT2D eigenvalue weighted by atomic mass is 35.5. The zero-order chi connectivity index (χ0) is 13.8. The van der Waals surface area contributed by atoms with Crippen LogP contribution in [0.4, 0.5) is 5.69 Å². The van der Waals surface area contributed by atoms with Crippen molar-refractivity contribution in [1.82, 2.24) is 5.32 Å². The van der Waals surface area contributed by atoms with Crippen LogP contribution in [0.1, 0.15) is 36.0 Å². The van der Waals surface area contributed by atoms with Crippen LogP contribution < -0.4 is 11.1 Å². The Labute approximate surface area is 117 Å². The number of carbonyl (C=O) groups is 1. The quantitative estimate of drug-likeness (QED) is 0.744. The number of aliphatic hydroxyl groups is 1. The van der Waals surface area contributed by atoms with E-state index in [9.17, 15) is 9.90 Å². The number of anilines is 1. The molecule has 4 N–H and O–H groups in total. The lowest BCUT2D eigenvalue weighted by Gasteiger charge is -2.25. The van der Waals surface area contributed by atoms with Crippen LogP contribution in [0.5, 0.6) is 0 Å². The number of halogens is 1.